The molecule has 1 aliphatic rings. The van der Waals surface area contributed by atoms with Gasteiger partial charge < -0.3 is 14.1 Å². The second-order valence-electron chi connectivity index (χ2n) is 5.35. The smallest absolute Gasteiger partial charge is 0.216 e. The molecular formula is C17H15ClN2O4S. The summed E-state index contributed by atoms with van der Waals surface area (Å²) < 4.78 is 36.1. The number of furan rings is 1. The first kappa shape index (κ1) is 17.5. The van der Waals surface area contributed by atoms with Crippen LogP contribution in [0.4, 0.5) is 5.88 Å². The Morgan fingerprint density at radius 1 is 1.16 bits per heavy atom. The zero-order valence-corrected chi connectivity index (χ0v) is 14.8. The summed E-state index contributed by atoms with van der Waals surface area (Å²) in [5, 5.41) is 9.72. The number of hydrogen-bond acceptors (Lipinski definition) is 6. The lowest BCUT2D eigenvalue weighted by Crippen LogP contribution is -2.35. The molecule has 25 heavy (non-hydrogen) atoms. The SMILES string of the molecule is N#C/C(=C\c1ccc(N2CCOCC2)o1)S(=O)(=O)c1ccc(Cl)cc1. The fourth-order valence-corrected chi connectivity index (χ4v) is 3.68. The van der Waals surface area contributed by atoms with Gasteiger partial charge in [0.05, 0.1) is 18.1 Å². The first-order chi connectivity index (χ1) is 12.0. The zero-order chi connectivity index (χ0) is 17.9. The number of sulfone groups is 1. The molecule has 0 amide bonds. The molecule has 2 aromatic rings. The van der Waals surface area contributed by atoms with Gasteiger partial charge in [0, 0.05) is 30.3 Å². The summed E-state index contributed by atoms with van der Waals surface area (Å²) in [4.78, 5) is 1.61. The molecule has 2 heterocycles. The van der Waals surface area contributed by atoms with Crippen molar-refractivity contribution in [3.05, 3.63) is 52.1 Å². The van der Waals surface area contributed by atoms with Crippen molar-refractivity contribution in [2.45, 2.75) is 4.90 Å². The van der Waals surface area contributed by atoms with Crippen LogP contribution < -0.4 is 4.90 Å². The molecule has 6 nitrogen and oxygen atoms in total. The van der Waals surface area contributed by atoms with Crippen LogP contribution in [0, 0.1) is 11.3 Å². The van der Waals surface area contributed by atoms with Gasteiger partial charge in [-0.2, -0.15) is 5.26 Å². The van der Waals surface area contributed by atoms with Crippen molar-refractivity contribution >= 4 is 33.4 Å². The van der Waals surface area contributed by atoms with E-state index in [1.54, 1.807) is 18.2 Å². The Kier molecular flexibility index (Phi) is 5.13. The van der Waals surface area contributed by atoms with E-state index in [9.17, 15) is 13.7 Å². The van der Waals surface area contributed by atoms with Gasteiger partial charge in [-0.1, -0.05) is 11.6 Å². The second kappa shape index (κ2) is 7.31. The van der Waals surface area contributed by atoms with Gasteiger partial charge in [0.1, 0.15) is 11.8 Å². The zero-order valence-electron chi connectivity index (χ0n) is 13.2. The highest BCUT2D eigenvalue weighted by atomic mass is 35.5. The Morgan fingerprint density at radius 2 is 1.84 bits per heavy atom. The third-order valence-corrected chi connectivity index (χ3v) is 5.67. The number of rotatable bonds is 4. The van der Waals surface area contributed by atoms with E-state index in [1.165, 1.54) is 30.3 Å². The lowest BCUT2D eigenvalue weighted by molar-refractivity contribution is 0.120. The molecule has 0 unspecified atom stereocenters. The van der Waals surface area contributed by atoms with Gasteiger partial charge in [-0.25, -0.2) is 8.42 Å². The number of nitriles is 1. The largest absolute Gasteiger partial charge is 0.441 e. The molecule has 0 radical (unpaired) electrons. The maximum atomic E-state index is 12.6. The van der Waals surface area contributed by atoms with Gasteiger partial charge in [-0.05, 0) is 30.3 Å². The van der Waals surface area contributed by atoms with Crippen molar-refractivity contribution in [3.8, 4) is 6.07 Å². The van der Waals surface area contributed by atoms with Crippen molar-refractivity contribution in [1.82, 2.24) is 0 Å². The number of nitrogens with zero attached hydrogens (tertiary/aromatic N) is 2. The second-order valence-corrected chi connectivity index (χ2v) is 7.71. The fraction of sp³-hybridized carbons (Fsp3) is 0.235. The number of halogens is 1. The Labute approximate surface area is 150 Å². The van der Waals surface area contributed by atoms with E-state index in [-0.39, 0.29) is 4.90 Å². The fourth-order valence-electron chi connectivity index (χ4n) is 2.41. The Hall–Kier alpha value is -2.27. The maximum Gasteiger partial charge on any atom is 0.216 e. The summed E-state index contributed by atoms with van der Waals surface area (Å²) in [6, 6.07) is 10.8. The van der Waals surface area contributed by atoms with Crippen LogP contribution in [0.1, 0.15) is 5.76 Å². The Morgan fingerprint density at radius 3 is 2.48 bits per heavy atom. The standard InChI is InChI=1S/C17H15ClN2O4S/c18-13-1-4-15(5-2-13)25(21,22)16(12-19)11-14-3-6-17(24-14)20-7-9-23-10-8-20/h1-6,11H,7-10H2/b16-11+. The summed E-state index contributed by atoms with van der Waals surface area (Å²) in [6.07, 6.45) is 1.23. The van der Waals surface area contributed by atoms with E-state index in [0.29, 0.717) is 43.0 Å². The molecule has 0 N–H and O–H groups in total. The molecule has 1 aromatic heterocycles. The van der Waals surface area contributed by atoms with Crippen molar-refractivity contribution in [1.29, 1.82) is 5.26 Å². The molecule has 0 bridgehead atoms. The van der Waals surface area contributed by atoms with Crippen LogP contribution >= 0.6 is 11.6 Å². The summed E-state index contributed by atoms with van der Waals surface area (Å²) in [5.41, 5.74) is 0. The average Bonchev–Trinajstić information content (AvgIpc) is 3.09. The molecule has 0 spiro atoms. The summed E-state index contributed by atoms with van der Waals surface area (Å²) >= 11 is 5.78. The average molecular weight is 379 g/mol. The van der Waals surface area contributed by atoms with Crippen molar-refractivity contribution < 1.29 is 17.6 Å². The first-order valence-corrected chi connectivity index (χ1v) is 9.42. The van der Waals surface area contributed by atoms with Crippen LogP contribution in [0.5, 0.6) is 0 Å². The summed E-state index contributed by atoms with van der Waals surface area (Å²) in [5.74, 6) is 0.923. The highest BCUT2D eigenvalue weighted by molar-refractivity contribution is 7.95. The van der Waals surface area contributed by atoms with Crippen molar-refractivity contribution in [2.75, 3.05) is 31.2 Å². The van der Waals surface area contributed by atoms with Gasteiger partial charge in [0.2, 0.25) is 9.84 Å². The van der Waals surface area contributed by atoms with Crippen LogP contribution in [0.25, 0.3) is 6.08 Å². The summed E-state index contributed by atoms with van der Waals surface area (Å²) in [6.45, 7) is 2.62. The third kappa shape index (κ3) is 3.87. The number of benzene rings is 1. The molecule has 1 aliphatic heterocycles. The predicted octanol–water partition coefficient (Wildman–Crippen LogP) is 3.11. The monoisotopic (exact) mass is 378 g/mol. The molecule has 3 rings (SSSR count). The van der Waals surface area contributed by atoms with Gasteiger partial charge in [-0.3, -0.25) is 0 Å². The van der Waals surface area contributed by atoms with Crippen LogP contribution in [0.3, 0.4) is 0 Å². The minimum absolute atomic E-state index is 0.00431. The molecule has 8 heteroatoms. The minimum atomic E-state index is -3.93. The Balaban J connectivity index is 1.89. The maximum absolute atomic E-state index is 12.6. The third-order valence-electron chi connectivity index (χ3n) is 3.73. The minimum Gasteiger partial charge on any atom is -0.441 e. The van der Waals surface area contributed by atoms with E-state index in [4.69, 9.17) is 20.8 Å². The van der Waals surface area contributed by atoms with Crippen LogP contribution in [-0.4, -0.2) is 34.7 Å². The number of anilines is 1. The number of allylic oxidation sites excluding steroid dienone is 1. The topological polar surface area (TPSA) is 83.5 Å². The van der Waals surface area contributed by atoms with Gasteiger partial charge in [0.25, 0.3) is 0 Å². The van der Waals surface area contributed by atoms with Crippen LogP contribution in [0.15, 0.2) is 50.6 Å². The summed E-state index contributed by atoms with van der Waals surface area (Å²) in [7, 11) is -3.93. The number of ether oxygens (including phenoxy) is 1. The van der Waals surface area contributed by atoms with E-state index in [0.717, 1.165) is 0 Å². The van der Waals surface area contributed by atoms with Crippen molar-refractivity contribution in [3.63, 3.8) is 0 Å². The van der Waals surface area contributed by atoms with Gasteiger partial charge >= 0.3 is 0 Å². The number of hydrogen-bond donors (Lipinski definition) is 0. The number of morpholine rings is 1. The van der Waals surface area contributed by atoms with Crippen LogP contribution in [-0.2, 0) is 14.6 Å². The van der Waals surface area contributed by atoms with Gasteiger partial charge in [0.15, 0.2) is 10.8 Å². The lowest BCUT2D eigenvalue weighted by atomic mass is 10.4. The molecule has 130 valence electrons. The van der Waals surface area contributed by atoms with Gasteiger partial charge in [-0.15, -0.1) is 0 Å². The quantitative estimate of drug-likeness (QED) is 0.760. The molecular weight excluding hydrogens is 364 g/mol. The predicted molar refractivity (Wildman–Crippen MR) is 94.0 cm³/mol. The van der Waals surface area contributed by atoms with E-state index in [1.807, 2.05) is 4.90 Å². The Bertz CT molecular complexity index is 920. The molecule has 0 saturated carbocycles. The molecule has 1 saturated heterocycles. The molecule has 1 fully saturated rings. The lowest BCUT2D eigenvalue weighted by Gasteiger charge is -2.26. The van der Waals surface area contributed by atoms with E-state index >= 15 is 0 Å². The van der Waals surface area contributed by atoms with Crippen LogP contribution in [0.2, 0.25) is 5.02 Å². The van der Waals surface area contributed by atoms with E-state index in [2.05, 4.69) is 0 Å². The highest BCUT2D eigenvalue weighted by Gasteiger charge is 2.22. The van der Waals surface area contributed by atoms with Crippen molar-refractivity contribution in [2.24, 2.45) is 0 Å². The van der Waals surface area contributed by atoms with E-state index < -0.39 is 14.7 Å². The molecule has 0 aliphatic carbocycles. The first-order valence-electron chi connectivity index (χ1n) is 7.56. The normalized spacial score (nSPS) is 15.8. The highest BCUT2D eigenvalue weighted by Crippen LogP contribution is 2.25. The molecule has 1 aromatic carbocycles. The molecule has 0 atom stereocenters.